The van der Waals surface area contributed by atoms with Gasteiger partial charge >= 0.3 is 0 Å². The summed E-state index contributed by atoms with van der Waals surface area (Å²) in [4.78, 5) is 29.4. The molecule has 3 aromatic rings. The summed E-state index contributed by atoms with van der Waals surface area (Å²) in [6.45, 7) is 4.27. The first kappa shape index (κ1) is 27.2. The van der Waals surface area contributed by atoms with Crippen LogP contribution in [0.25, 0.3) is 0 Å². The molecule has 1 fully saturated rings. The molecule has 1 atom stereocenters. The second kappa shape index (κ2) is 12.6. The van der Waals surface area contributed by atoms with Gasteiger partial charge in [0.05, 0.1) is 6.42 Å². The Morgan fingerprint density at radius 2 is 1.59 bits per heavy atom. The van der Waals surface area contributed by atoms with Gasteiger partial charge in [0, 0.05) is 29.1 Å². The third kappa shape index (κ3) is 7.59. The third-order valence-electron chi connectivity index (χ3n) is 6.97. The van der Waals surface area contributed by atoms with Crippen molar-refractivity contribution in [3.05, 3.63) is 105 Å². The van der Waals surface area contributed by atoms with Gasteiger partial charge in [-0.15, -0.1) is 0 Å². The van der Waals surface area contributed by atoms with Gasteiger partial charge in [-0.25, -0.2) is 0 Å². The fraction of sp³-hybridized carbons (Fsp3) is 0.355. The number of carbonyl (C=O) groups excluding carboxylic acids is 2. The maximum atomic E-state index is 14.0. The molecule has 0 radical (unpaired) electrons. The predicted octanol–water partition coefficient (Wildman–Crippen LogP) is 6.85. The zero-order valence-corrected chi connectivity index (χ0v) is 23.0. The van der Waals surface area contributed by atoms with E-state index in [1.807, 2.05) is 62.4 Å². The van der Waals surface area contributed by atoms with Crippen LogP contribution in [-0.4, -0.2) is 28.8 Å². The first-order chi connectivity index (χ1) is 17.8. The highest BCUT2D eigenvalue weighted by atomic mass is 35.5. The maximum absolute atomic E-state index is 14.0. The number of halogens is 2. The molecule has 0 spiro atoms. The SMILES string of the molecule is Cc1cc(C)cc(CC(=O)N(Cc2ccc(Cl)cc2Cl)C(Cc2ccccc2)C(=O)NC2CCCC2)c1. The minimum Gasteiger partial charge on any atom is -0.352 e. The Morgan fingerprint density at radius 3 is 2.24 bits per heavy atom. The predicted molar refractivity (Wildman–Crippen MR) is 151 cm³/mol. The molecule has 37 heavy (non-hydrogen) atoms. The molecule has 0 heterocycles. The number of nitrogens with one attached hydrogen (secondary N) is 1. The van der Waals surface area contributed by atoms with Gasteiger partial charge in [-0.05, 0) is 55.5 Å². The van der Waals surface area contributed by atoms with E-state index in [2.05, 4.69) is 11.4 Å². The Bertz CT molecular complexity index is 1220. The zero-order chi connectivity index (χ0) is 26.4. The van der Waals surface area contributed by atoms with Gasteiger partial charge < -0.3 is 10.2 Å². The minimum atomic E-state index is -0.673. The van der Waals surface area contributed by atoms with Crippen LogP contribution >= 0.6 is 23.2 Å². The van der Waals surface area contributed by atoms with E-state index in [1.165, 1.54) is 0 Å². The molecule has 0 aromatic heterocycles. The Labute approximate surface area is 230 Å². The Balaban J connectivity index is 1.69. The first-order valence-electron chi connectivity index (χ1n) is 12.9. The smallest absolute Gasteiger partial charge is 0.243 e. The highest BCUT2D eigenvalue weighted by Gasteiger charge is 2.32. The van der Waals surface area contributed by atoms with Gasteiger partial charge in [0.2, 0.25) is 11.8 Å². The summed E-state index contributed by atoms with van der Waals surface area (Å²) in [5, 5.41) is 4.25. The summed E-state index contributed by atoms with van der Waals surface area (Å²) in [5.74, 6) is -0.229. The highest BCUT2D eigenvalue weighted by molar-refractivity contribution is 6.35. The molecule has 4 rings (SSSR count). The summed E-state index contributed by atoms with van der Waals surface area (Å²) >= 11 is 12.7. The highest BCUT2D eigenvalue weighted by Crippen LogP contribution is 2.25. The molecule has 2 amide bonds. The van der Waals surface area contributed by atoms with E-state index < -0.39 is 6.04 Å². The third-order valence-corrected chi connectivity index (χ3v) is 7.55. The second-order valence-electron chi connectivity index (χ2n) is 10.1. The van der Waals surface area contributed by atoms with E-state index in [-0.39, 0.29) is 30.8 Å². The number of rotatable bonds is 9. The van der Waals surface area contributed by atoms with Crippen molar-refractivity contribution < 1.29 is 9.59 Å². The van der Waals surface area contributed by atoms with E-state index in [4.69, 9.17) is 23.2 Å². The minimum absolute atomic E-state index is 0.112. The van der Waals surface area contributed by atoms with Crippen molar-refractivity contribution >= 4 is 35.0 Å². The number of carbonyl (C=O) groups is 2. The van der Waals surface area contributed by atoms with Crippen molar-refractivity contribution in [1.82, 2.24) is 10.2 Å². The molecule has 1 N–H and O–H groups in total. The van der Waals surface area contributed by atoms with Crippen molar-refractivity contribution in [3.63, 3.8) is 0 Å². The summed E-state index contributed by atoms with van der Waals surface area (Å²) < 4.78 is 0. The van der Waals surface area contributed by atoms with Crippen LogP contribution in [0, 0.1) is 13.8 Å². The molecule has 194 valence electrons. The molecule has 1 unspecified atom stereocenters. The number of hydrogen-bond acceptors (Lipinski definition) is 2. The lowest BCUT2D eigenvalue weighted by Gasteiger charge is -2.33. The Kier molecular flexibility index (Phi) is 9.28. The van der Waals surface area contributed by atoms with Crippen molar-refractivity contribution in [2.24, 2.45) is 0 Å². The van der Waals surface area contributed by atoms with Gasteiger partial charge in [0.1, 0.15) is 6.04 Å². The molecular weight excluding hydrogens is 503 g/mol. The van der Waals surface area contributed by atoms with E-state index in [0.717, 1.165) is 53.5 Å². The quantitative estimate of drug-likeness (QED) is 0.325. The first-order valence-corrected chi connectivity index (χ1v) is 13.7. The van der Waals surface area contributed by atoms with E-state index in [1.54, 1.807) is 17.0 Å². The average Bonchev–Trinajstić information content (AvgIpc) is 3.35. The van der Waals surface area contributed by atoms with Crippen LogP contribution in [0.15, 0.2) is 66.7 Å². The molecule has 0 aliphatic heterocycles. The topological polar surface area (TPSA) is 49.4 Å². The van der Waals surface area contributed by atoms with Crippen LogP contribution in [0.1, 0.15) is 53.5 Å². The van der Waals surface area contributed by atoms with Crippen molar-refractivity contribution in [1.29, 1.82) is 0 Å². The second-order valence-corrected chi connectivity index (χ2v) is 11.0. The molecule has 1 aliphatic carbocycles. The molecule has 0 saturated heterocycles. The molecule has 6 heteroatoms. The van der Waals surface area contributed by atoms with Crippen LogP contribution in [0.4, 0.5) is 0 Å². The molecule has 4 nitrogen and oxygen atoms in total. The van der Waals surface area contributed by atoms with Gasteiger partial charge in [-0.2, -0.15) is 0 Å². The van der Waals surface area contributed by atoms with E-state index in [0.29, 0.717) is 16.5 Å². The van der Waals surface area contributed by atoms with Crippen LogP contribution in [0.2, 0.25) is 10.0 Å². The monoisotopic (exact) mass is 536 g/mol. The molecule has 1 aliphatic rings. The Hall–Kier alpha value is -2.82. The average molecular weight is 538 g/mol. The molecule has 3 aromatic carbocycles. The zero-order valence-electron chi connectivity index (χ0n) is 21.5. The summed E-state index contributed by atoms with van der Waals surface area (Å²) in [7, 11) is 0. The van der Waals surface area contributed by atoms with Crippen LogP contribution in [0.3, 0.4) is 0 Å². The molecule has 1 saturated carbocycles. The summed E-state index contributed by atoms with van der Waals surface area (Å²) in [6.07, 6.45) is 4.81. The van der Waals surface area contributed by atoms with Crippen LogP contribution < -0.4 is 5.32 Å². The van der Waals surface area contributed by atoms with Gasteiger partial charge in [-0.1, -0.05) is 102 Å². The lowest BCUT2D eigenvalue weighted by atomic mass is 10.00. The summed E-state index contributed by atoms with van der Waals surface area (Å²) in [5.41, 5.74) is 4.90. The van der Waals surface area contributed by atoms with Gasteiger partial charge in [0.15, 0.2) is 0 Å². The van der Waals surface area contributed by atoms with Gasteiger partial charge in [0.25, 0.3) is 0 Å². The van der Waals surface area contributed by atoms with Crippen LogP contribution in [-0.2, 0) is 29.0 Å². The number of nitrogens with zero attached hydrogens (tertiary/aromatic N) is 1. The lowest BCUT2D eigenvalue weighted by Crippen LogP contribution is -2.52. The van der Waals surface area contributed by atoms with Crippen molar-refractivity contribution in [2.45, 2.75) is 71.0 Å². The summed E-state index contributed by atoms with van der Waals surface area (Å²) in [6, 6.07) is 20.8. The van der Waals surface area contributed by atoms with Crippen molar-refractivity contribution in [3.8, 4) is 0 Å². The fourth-order valence-corrected chi connectivity index (χ4v) is 5.67. The maximum Gasteiger partial charge on any atom is 0.243 e. The van der Waals surface area contributed by atoms with Crippen molar-refractivity contribution in [2.75, 3.05) is 0 Å². The molecular formula is C31H34Cl2N2O2. The lowest BCUT2D eigenvalue weighted by molar-refractivity contribution is -0.141. The van der Waals surface area contributed by atoms with Gasteiger partial charge in [-0.3, -0.25) is 9.59 Å². The standard InChI is InChI=1S/C31H34Cl2N2O2/c1-21-14-22(2)16-24(15-21)18-30(36)35(20-25-12-13-26(32)19-28(25)33)29(17-23-8-4-3-5-9-23)31(37)34-27-10-6-7-11-27/h3-5,8-9,12-16,19,27,29H,6-7,10-11,17-18,20H2,1-2H3,(H,34,37). The normalized spacial score (nSPS) is 14.4. The Morgan fingerprint density at radius 1 is 0.919 bits per heavy atom. The van der Waals surface area contributed by atoms with E-state index in [9.17, 15) is 9.59 Å². The number of amides is 2. The number of benzene rings is 3. The number of aryl methyl sites for hydroxylation is 2. The van der Waals surface area contributed by atoms with Crippen LogP contribution in [0.5, 0.6) is 0 Å². The number of hydrogen-bond donors (Lipinski definition) is 1. The molecule has 0 bridgehead atoms. The van der Waals surface area contributed by atoms with E-state index >= 15 is 0 Å². The fourth-order valence-electron chi connectivity index (χ4n) is 5.20. The largest absolute Gasteiger partial charge is 0.352 e.